The molecule has 0 aromatic heterocycles. The average molecular weight is 186 g/mol. The van der Waals surface area contributed by atoms with Gasteiger partial charge in [-0.05, 0) is 20.4 Å². The summed E-state index contributed by atoms with van der Waals surface area (Å²) in [5, 5.41) is 13.0. The van der Waals surface area contributed by atoms with Crippen molar-refractivity contribution in [3.8, 4) is 0 Å². The highest BCUT2D eigenvalue weighted by molar-refractivity contribution is 5.73. The van der Waals surface area contributed by atoms with E-state index in [9.17, 15) is 9.90 Å². The fraction of sp³-hybridized carbons (Fsp3) is 0.889. The zero-order chi connectivity index (χ0) is 10.1. The van der Waals surface area contributed by atoms with Gasteiger partial charge in [0.05, 0.1) is 11.6 Å². The molecule has 0 saturated carbocycles. The molecule has 1 aliphatic heterocycles. The van der Waals surface area contributed by atoms with E-state index in [-0.39, 0.29) is 11.9 Å². The molecule has 1 saturated heterocycles. The summed E-state index contributed by atoms with van der Waals surface area (Å²) >= 11 is 0. The van der Waals surface area contributed by atoms with Crippen molar-refractivity contribution in [1.82, 2.24) is 10.2 Å². The Labute approximate surface area is 78.9 Å². The van der Waals surface area contributed by atoms with Crippen molar-refractivity contribution in [3.63, 3.8) is 0 Å². The van der Waals surface area contributed by atoms with E-state index in [1.165, 1.54) is 0 Å². The second-order valence-electron chi connectivity index (χ2n) is 3.91. The lowest BCUT2D eigenvalue weighted by Gasteiger charge is -2.42. The second kappa shape index (κ2) is 3.64. The standard InChI is InChI=1S/C9H18N2O2/c1-7(12)11-5-4-9(2,13)8(6-11)10-3/h8,10,13H,4-6H2,1-3H3. The van der Waals surface area contributed by atoms with Crippen molar-refractivity contribution in [3.05, 3.63) is 0 Å². The third kappa shape index (κ3) is 2.19. The summed E-state index contributed by atoms with van der Waals surface area (Å²) in [6.07, 6.45) is 0.637. The minimum atomic E-state index is -0.694. The molecule has 0 aliphatic carbocycles. The number of nitrogens with zero attached hydrogens (tertiary/aromatic N) is 1. The maximum absolute atomic E-state index is 11.1. The molecule has 1 rings (SSSR count). The minimum absolute atomic E-state index is 0.0230. The molecule has 4 nitrogen and oxygen atoms in total. The highest BCUT2D eigenvalue weighted by atomic mass is 16.3. The fourth-order valence-electron chi connectivity index (χ4n) is 1.73. The molecular formula is C9H18N2O2. The van der Waals surface area contributed by atoms with E-state index < -0.39 is 5.60 Å². The number of likely N-dealkylation sites (N-methyl/N-ethyl adjacent to an activating group) is 1. The Morgan fingerprint density at radius 3 is 2.77 bits per heavy atom. The molecular weight excluding hydrogens is 168 g/mol. The topological polar surface area (TPSA) is 52.6 Å². The molecule has 1 amide bonds. The van der Waals surface area contributed by atoms with Gasteiger partial charge in [-0.15, -0.1) is 0 Å². The fourth-order valence-corrected chi connectivity index (χ4v) is 1.73. The molecule has 2 unspecified atom stereocenters. The maximum Gasteiger partial charge on any atom is 0.219 e. The third-order valence-electron chi connectivity index (χ3n) is 2.84. The number of hydrogen-bond acceptors (Lipinski definition) is 3. The van der Waals surface area contributed by atoms with Crippen molar-refractivity contribution in [1.29, 1.82) is 0 Å². The van der Waals surface area contributed by atoms with Crippen LogP contribution in [0.2, 0.25) is 0 Å². The van der Waals surface area contributed by atoms with Crippen LogP contribution in [-0.2, 0) is 4.79 Å². The summed E-state index contributed by atoms with van der Waals surface area (Å²) in [6, 6.07) is -0.0230. The first-order valence-corrected chi connectivity index (χ1v) is 4.62. The Morgan fingerprint density at radius 2 is 2.31 bits per heavy atom. The van der Waals surface area contributed by atoms with Gasteiger partial charge in [0.25, 0.3) is 0 Å². The lowest BCUT2D eigenvalue weighted by atomic mass is 9.88. The van der Waals surface area contributed by atoms with Crippen LogP contribution in [0.1, 0.15) is 20.3 Å². The molecule has 1 aliphatic rings. The smallest absolute Gasteiger partial charge is 0.219 e. The van der Waals surface area contributed by atoms with Crippen molar-refractivity contribution in [2.45, 2.75) is 31.9 Å². The Morgan fingerprint density at radius 1 is 1.69 bits per heavy atom. The molecule has 4 heteroatoms. The molecule has 2 atom stereocenters. The number of carbonyl (C=O) groups excluding carboxylic acids is 1. The summed E-state index contributed by atoms with van der Waals surface area (Å²) in [6.45, 7) is 4.62. The zero-order valence-electron chi connectivity index (χ0n) is 8.50. The minimum Gasteiger partial charge on any atom is -0.388 e. The van der Waals surface area contributed by atoms with Crippen molar-refractivity contribution < 1.29 is 9.90 Å². The summed E-state index contributed by atoms with van der Waals surface area (Å²) in [5.41, 5.74) is -0.694. The number of rotatable bonds is 1. The number of piperidine rings is 1. The van der Waals surface area contributed by atoms with Crippen LogP contribution in [0, 0.1) is 0 Å². The van der Waals surface area contributed by atoms with E-state index in [1.807, 2.05) is 14.0 Å². The van der Waals surface area contributed by atoms with E-state index in [0.29, 0.717) is 19.5 Å². The number of aliphatic hydroxyl groups is 1. The Kier molecular flexibility index (Phi) is 2.93. The predicted molar refractivity (Wildman–Crippen MR) is 50.3 cm³/mol. The van der Waals surface area contributed by atoms with Crippen LogP contribution < -0.4 is 5.32 Å². The highest BCUT2D eigenvalue weighted by Crippen LogP contribution is 2.21. The van der Waals surface area contributed by atoms with E-state index in [4.69, 9.17) is 0 Å². The maximum atomic E-state index is 11.1. The van der Waals surface area contributed by atoms with Gasteiger partial charge in [-0.2, -0.15) is 0 Å². The quantitative estimate of drug-likeness (QED) is 0.584. The van der Waals surface area contributed by atoms with Crippen LogP contribution in [0.5, 0.6) is 0 Å². The molecule has 1 heterocycles. The number of carbonyl (C=O) groups is 1. The van der Waals surface area contributed by atoms with E-state index in [2.05, 4.69) is 5.32 Å². The molecule has 0 spiro atoms. The molecule has 1 fully saturated rings. The van der Waals surface area contributed by atoms with Crippen LogP contribution in [0.3, 0.4) is 0 Å². The number of nitrogens with one attached hydrogen (secondary N) is 1. The van der Waals surface area contributed by atoms with E-state index in [0.717, 1.165) is 0 Å². The summed E-state index contributed by atoms with van der Waals surface area (Å²) in [5.74, 6) is 0.0794. The van der Waals surface area contributed by atoms with Crippen molar-refractivity contribution >= 4 is 5.91 Å². The molecule has 2 N–H and O–H groups in total. The third-order valence-corrected chi connectivity index (χ3v) is 2.84. The first-order valence-electron chi connectivity index (χ1n) is 4.62. The Balaban J connectivity index is 2.63. The van der Waals surface area contributed by atoms with Crippen LogP contribution in [0.15, 0.2) is 0 Å². The van der Waals surface area contributed by atoms with Gasteiger partial charge in [-0.25, -0.2) is 0 Å². The van der Waals surface area contributed by atoms with Gasteiger partial charge in [-0.1, -0.05) is 0 Å². The summed E-state index contributed by atoms with van der Waals surface area (Å²) < 4.78 is 0. The molecule has 0 aromatic carbocycles. The van der Waals surface area contributed by atoms with Gasteiger partial charge in [0, 0.05) is 20.0 Å². The lowest BCUT2D eigenvalue weighted by molar-refractivity contribution is -0.134. The van der Waals surface area contributed by atoms with Crippen LogP contribution in [-0.4, -0.2) is 47.7 Å². The molecule has 0 radical (unpaired) electrons. The Hall–Kier alpha value is -0.610. The van der Waals surface area contributed by atoms with E-state index in [1.54, 1.807) is 11.8 Å². The summed E-state index contributed by atoms with van der Waals surface area (Å²) in [7, 11) is 1.81. The van der Waals surface area contributed by atoms with Crippen LogP contribution in [0.25, 0.3) is 0 Å². The first-order chi connectivity index (χ1) is 5.97. The second-order valence-corrected chi connectivity index (χ2v) is 3.91. The first kappa shape index (κ1) is 10.5. The highest BCUT2D eigenvalue weighted by Gasteiger charge is 2.37. The SMILES string of the molecule is CNC1CN(C(C)=O)CCC1(C)O. The monoisotopic (exact) mass is 186 g/mol. The largest absolute Gasteiger partial charge is 0.388 e. The zero-order valence-corrected chi connectivity index (χ0v) is 8.50. The van der Waals surface area contributed by atoms with Gasteiger partial charge >= 0.3 is 0 Å². The summed E-state index contributed by atoms with van der Waals surface area (Å²) in [4.78, 5) is 12.9. The van der Waals surface area contributed by atoms with Gasteiger partial charge in [0.1, 0.15) is 0 Å². The predicted octanol–water partition coefficient (Wildman–Crippen LogP) is -0.422. The van der Waals surface area contributed by atoms with Gasteiger partial charge in [-0.3, -0.25) is 4.79 Å². The van der Waals surface area contributed by atoms with Crippen molar-refractivity contribution in [2.75, 3.05) is 20.1 Å². The van der Waals surface area contributed by atoms with Gasteiger partial charge < -0.3 is 15.3 Å². The van der Waals surface area contributed by atoms with Gasteiger partial charge in [0.15, 0.2) is 0 Å². The number of likely N-dealkylation sites (tertiary alicyclic amines) is 1. The van der Waals surface area contributed by atoms with Crippen LogP contribution >= 0.6 is 0 Å². The molecule has 76 valence electrons. The molecule has 13 heavy (non-hydrogen) atoms. The molecule has 0 bridgehead atoms. The Bertz CT molecular complexity index is 204. The number of amides is 1. The molecule has 0 aromatic rings. The van der Waals surface area contributed by atoms with E-state index >= 15 is 0 Å². The van der Waals surface area contributed by atoms with Crippen molar-refractivity contribution in [2.24, 2.45) is 0 Å². The normalized spacial score (nSPS) is 34.8. The van der Waals surface area contributed by atoms with Gasteiger partial charge in [0.2, 0.25) is 5.91 Å². The lowest BCUT2D eigenvalue weighted by Crippen LogP contribution is -2.59. The number of hydrogen-bond donors (Lipinski definition) is 2. The van der Waals surface area contributed by atoms with Crippen LogP contribution in [0.4, 0.5) is 0 Å². The average Bonchev–Trinajstić information content (AvgIpc) is 2.03.